The van der Waals surface area contributed by atoms with E-state index in [-0.39, 0.29) is 10.7 Å². The highest BCUT2D eigenvalue weighted by Crippen LogP contribution is 2.28. The predicted molar refractivity (Wildman–Crippen MR) is 126 cm³/mol. The summed E-state index contributed by atoms with van der Waals surface area (Å²) in [5.41, 5.74) is 3.72. The second-order valence-corrected chi connectivity index (χ2v) is 8.01. The number of thiocarbonyl (C=S) groups is 1. The van der Waals surface area contributed by atoms with E-state index in [9.17, 15) is 9.59 Å². The van der Waals surface area contributed by atoms with Crippen molar-refractivity contribution < 1.29 is 14.3 Å². The van der Waals surface area contributed by atoms with Gasteiger partial charge < -0.3 is 9.64 Å². The van der Waals surface area contributed by atoms with E-state index in [1.807, 2.05) is 25.1 Å². The Morgan fingerprint density at radius 1 is 1.13 bits per heavy atom. The van der Waals surface area contributed by atoms with E-state index >= 15 is 0 Å². The molecule has 2 aliphatic heterocycles. The number of hydrogen-bond acceptors (Lipinski definition) is 5. The van der Waals surface area contributed by atoms with Crippen LogP contribution in [0.4, 0.5) is 11.4 Å². The number of nitrogens with one attached hydrogen (secondary N) is 1. The lowest BCUT2D eigenvalue weighted by Crippen LogP contribution is -2.54. The summed E-state index contributed by atoms with van der Waals surface area (Å²) in [7, 11) is 0. The highest BCUT2D eigenvalue weighted by molar-refractivity contribution is 7.80. The maximum absolute atomic E-state index is 13.2. The van der Waals surface area contributed by atoms with Crippen molar-refractivity contribution in [1.29, 1.82) is 0 Å². The second kappa shape index (κ2) is 8.89. The van der Waals surface area contributed by atoms with E-state index in [1.165, 1.54) is 23.4 Å². The van der Waals surface area contributed by atoms with Gasteiger partial charge in [0.15, 0.2) is 5.11 Å². The average molecular weight is 436 g/mol. The zero-order chi connectivity index (χ0) is 22.0. The Kier molecular flexibility index (Phi) is 6.04. The van der Waals surface area contributed by atoms with Crippen LogP contribution in [0.2, 0.25) is 0 Å². The van der Waals surface area contributed by atoms with Crippen LogP contribution in [0.25, 0.3) is 6.08 Å². The first kappa shape index (κ1) is 21.1. The number of anilines is 2. The number of benzene rings is 2. The molecule has 2 aliphatic rings. The average Bonchev–Trinajstić information content (AvgIpc) is 3.26. The molecular formula is C24H25N3O3S. The van der Waals surface area contributed by atoms with Crippen molar-refractivity contribution in [3.05, 3.63) is 59.2 Å². The lowest BCUT2D eigenvalue weighted by atomic mass is 10.0. The SMILES string of the molecule is CCOc1cccc(N2C(=O)/C(=C\c3ccc(N4CCCC4)c(C)c3)C(=O)NC2=S)c1. The first-order valence-corrected chi connectivity index (χ1v) is 10.9. The van der Waals surface area contributed by atoms with Crippen molar-refractivity contribution >= 4 is 46.6 Å². The van der Waals surface area contributed by atoms with Gasteiger partial charge in [0.1, 0.15) is 11.3 Å². The molecule has 2 saturated heterocycles. The zero-order valence-corrected chi connectivity index (χ0v) is 18.5. The quantitative estimate of drug-likeness (QED) is 0.439. The van der Waals surface area contributed by atoms with Crippen LogP contribution in [-0.4, -0.2) is 36.6 Å². The third-order valence-electron chi connectivity index (χ3n) is 5.47. The molecule has 0 radical (unpaired) electrons. The molecule has 160 valence electrons. The van der Waals surface area contributed by atoms with E-state index in [0.717, 1.165) is 24.2 Å². The summed E-state index contributed by atoms with van der Waals surface area (Å²) in [5.74, 6) is -0.316. The first-order chi connectivity index (χ1) is 15.0. The highest BCUT2D eigenvalue weighted by atomic mass is 32.1. The number of carbonyl (C=O) groups excluding carboxylic acids is 2. The Morgan fingerprint density at radius 2 is 1.90 bits per heavy atom. The number of aryl methyl sites for hydroxylation is 1. The van der Waals surface area contributed by atoms with Crippen LogP contribution in [0, 0.1) is 6.92 Å². The molecule has 0 aliphatic carbocycles. The van der Waals surface area contributed by atoms with E-state index in [1.54, 1.807) is 24.3 Å². The van der Waals surface area contributed by atoms with Gasteiger partial charge in [-0.15, -0.1) is 0 Å². The van der Waals surface area contributed by atoms with Crippen molar-refractivity contribution in [3.63, 3.8) is 0 Å². The summed E-state index contributed by atoms with van der Waals surface area (Å²) in [4.78, 5) is 29.5. The minimum atomic E-state index is -0.492. The van der Waals surface area contributed by atoms with E-state index in [0.29, 0.717) is 18.0 Å². The van der Waals surface area contributed by atoms with Gasteiger partial charge in [0.05, 0.1) is 12.3 Å². The lowest BCUT2D eigenvalue weighted by molar-refractivity contribution is -0.122. The largest absolute Gasteiger partial charge is 0.494 e. The summed E-state index contributed by atoms with van der Waals surface area (Å²) < 4.78 is 5.53. The van der Waals surface area contributed by atoms with Gasteiger partial charge in [-0.3, -0.25) is 19.8 Å². The van der Waals surface area contributed by atoms with Crippen molar-refractivity contribution in [2.24, 2.45) is 0 Å². The molecule has 2 aromatic rings. The van der Waals surface area contributed by atoms with Gasteiger partial charge in [0.2, 0.25) is 0 Å². The fourth-order valence-electron chi connectivity index (χ4n) is 4.02. The number of rotatable bonds is 5. The Hall–Kier alpha value is -3.19. The summed E-state index contributed by atoms with van der Waals surface area (Å²) in [5, 5.41) is 2.69. The molecule has 6 nitrogen and oxygen atoms in total. The summed E-state index contributed by atoms with van der Waals surface area (Å²) >= 11 is 5.29. The topological polar surface area (TPSA) is 61.9 Å². The maximum atomic E-state index is 13.2. The van der Waals surface area contributed by atoms with Crippen molar-refractivity contribution in [1.82, 2.24) is 5.32 Å². The molecule has 0 saturated carbocycles. The molecule has 0 unspecified atom stereocenters. The molecule has 1 N–H and O–H groups in total. The van der Waals surface area contributed by atoms with Gasteiger partial charge in [-0.2, -0.15) is 0 Å². The number of hydrogen-bond donors (Lipinski definition) is 1. The monoisotopic (exact) mass is 435 g/mol. The minimum Gasteiger partial charge on any atom is -0.494 e. The molecule has 0 spiro atoms. The minimum absolute atomic E-state index is 0.0451. The molecular weight excluding hydrogens is 410 g/mol. The summed E-state index contributed by atoms with van der Waals surface area (Å²) in [6.07, 6.45) is 4.04. The second-order valence-electron chi connectivity index (χ2n) is 7.63. The molecule has 0 atom stereocenters. The molecule has 4 rings (SSSR count). The molecule has 7 heteroatoms. The number of nitrogens with zero attached hydrogens (tertiary/aromatic N) is 2. The molecule has 2 heterocycles. The van der Waals surface area contributed by atoms with E-state index in [4.69, 9.17) is 17.0 Å². The van der Waals surface area contributed by atoms with Crippen LogP contribution in [0.3, 0.4) is 0 Å². The Balaban J connectivity index is 1.64. The van der Waals surface area contributed by atoms with Gasteiger partial charge in [-0.05, 0) is 80.4 Å². The van der Waals surface area contributed by atoms with E-state index in [2.05, 4.69) is 23.2 Å². The van der Waals surface area contributed by atoms with Crippen LogP contribution < -0.4 is 19.9 Å². The van der Waals surface area contributed by atoms with Gasteiger partial charge in [0, 0.05) is 24.8 Å². The number of ether oxygens (including phenoxy) is 1. The predicted octanol–water partition coefficient (Wildman–Crippen LogP) is 3.83. The third-order valence-corrected chi connectivity index (χ3v) is 5.75. The number of carbonyl (C=O) groups is 2. The van der Waals surface area contributed by atoms with Gasteiger partial charge in [0.25, 0.3) is 11.8 Å². The fourth-order valence-corrected chi connectivity index (χ4v) is 4.30. The van der Waals surface area contributed by atoms with E-state index < -0.39 is 11.8 Å². The van der Waals surface area contributed by atoms with Crippen molar-refractivity contribution in [2.45, 2.75) is 26.7 Å². The van der Waals surface area contributed by atoms with Gasteiger partial charge >= 0.3 is 0 Å². The van der Waals surface area contributed by atoms with Crippen LogP contribution in [0.1, 0.15) is 30.9 Å². The fraction of sp³-hybridized carbons (Fsp3) is 0.292. The molecule has 2 fully saturated rings. The van der Waals surface area contributed by atoms with Gasteiger partial charge in [-0.25, -0.2) is 0 Å². The molecule has 0 aromatic heterocycles. The molecule has 2 aromatic carbocycles. The Bertz CT molecular complexity index is 1070. The van der Waals surface area contributed by atoms with Crippen molar-refractivity contribution in [2.75, 3.05) is 29.5 Å². The summed E-state index contributed by atoms with van der Waals surface area (Å²) in [6, 6.07) is 13.1. The van der Waals surface area contributed by atoms with Crippen LogP contribution in [0.15, 0.2) is 48.0 Å². The zero-order valence-electron chi connectivity index (χ0n) is 17.7. The van der Waals surface area contributed by atoms with Gasteiger partial charge in [-0.1, -0.05) is 12.1 Å². The Morgan fingerprint density at radius 3 is 2.61 bits per heavy atom. The third kappa shape index (κ3) is 4.32. The standard InChI is InChI=1S/C24H25N3O3S/c1-3-30-19-8-6-7-18(15-19)27-23(29)20(22(28)25-24(27)31)14-17-9-10-21(16(2)13-17)26-11-4-5-12-26/h6-10,13-15H,3-5,11-12H2,1-2H3,(H,25,28,31)/b20-14-. The summed E-state index contributed by atoms with van der Waals surface area (Å²) in [6.45, 7) is 6.59. The molecule has 2 amide bonds. The van der Waals surface area contributed by atoms with Crippen LogP contribution in [-0.2, 0) is 9.59 Å². The Labute approximate surface area is 187 Å². The molecule has 31 heavy (non-hydrogen) atoms. The smallest absolute Gasteiger partial charge is 0.270 e. The highest BCUT2D eigenvalue weighted by Gasteiger charge is 2.34. The number of amides is 2. The molecule has 0 bridgehead atoms. The van der Waals surface area contributed by atoms with Crippen LogP contribution in [0.5, 0.6) is 5.75 Å². The van der Waals surface area contributed by atoms with Crippen molar-refractivity contribution in [3.8, 4) is 5.75 Å². The maximum Gasteiger partial charge on any atom is 0.270 e. The van der Waals surface area contributed by atoms with Crippen LogP contribution >= 0.6 is 12.2 Å². The first-order valence-electron chi connectivity index (χ1n) is 10.5. The normalized spacial score (nSPS) is 18.0. The lowest BCUT2D eigenvalue weighted by Gasteiger charge is -2.29.